The lowest BCUT2D eigenvalue weighted by Crippen LogP contribution is -2.27. The van der Waals surface area contributed by atoms with Gasteiger partial charge < -0.3 is 5.73 Å². The van der Waals surface area contributed by atoms with Gasteiger partial charge in [-0.3, -0.25) is 4.98 Å². The van der Waals surface area contributed by atoms with E-state index in [0.717, 1.165) is 11.4 Å². The monoisotopic (exact) mass is 240 g/mol. The molecule has 94 valence electrons. The number of benzene rings is 1. The molecular formula is C16H20N2. The van der Waals surface area contributed by atoms with Crippen molar-refractivity contribution >= 4 is 10.9 Å². The van der Waals surface area contributed by atoms with Gasteiger partial charge in [0.25, 0.3) is 0 Å². The minimum Gasteiger partial charge on any atom is -0.328 e. The first kappa shape index (κ1) is 11.7. The standard InChI is InChI=1S/C16H20N2/c17-15-6-3-12(4-7-15)10-13-5-8-16-14(11-13)2-1-9-18-16/h1-2,5,8-9,11-12,15H,3-4,6-7,10,17H2. The van der Waals surface area contributed by atoms with Crippen molar-refractivity contribution in [2.45, 2.75) is 38.1 Å². The van der Waals surface area contributed by atoms with Crippen molar-refractivity contribution in [3.05, 3.63) is 42.1 Å². The molecule has 1 aromatic carbocycles. The molecule has 1 aliphatic carbocycles. The van der Waals surface area contributed by atoms with Crippen LogP contribution in [0.15, 0.2) is 36.5 Å². The lowest BCUT2D eigenvalue weighted by atomic mass is 9.82. The summed E-state index contributed by atoms with van der Waals surface area (Å²) in [4.78, 5) is 4.36. The van der Waals surface area contributed by atoms with E-state index < -0.39 is 0 Å². The first-order chi connectivity index (χ1) is 8.81. The van der Waals surface area contributed by atoms with Crippen LogP contribution in [0.2, 0.25) is 0 Å². The van der Waals surface area contributed by atoms with Gasteiger partial charge in [-0.05, 0) is 61.8 Å². The molecule has 0 saturated heterocycles. The average molecular weight is 240 g/mol. The lowest BCUT2D eigenvalue weighted by molar-refractivity contribution is 0.325. The molecule has 2 nitrogen and oxygen atoms in total. The number of pyridine rings is 1. The van der Waals surface area contributed by atoms with Gasteiger partial charge in [-0.2, -0.15) is 0 Å². The number of hydrogen-bond acceptors (Lipinski definition) is 2. The summed E-state index contributed by atoms with van der Waals surface area (Å²) in [6.07, 6.45) is 8.00. The summed E-state index contributed by atoms with van der Waals surface area (Å²) in [7, 11) is 0. The number of nitrogens with zero attached hydrogens (tertiary/aromatic N) is 1. The molecule has 0 atom stereocenters. The third-order valence-corrected chi connectivity index (χ3v) is 4.08. The summed E-state index contributed by atoms with van der Waals surface area (Å²) >= 11 is 0. The summed E-state index contributed by atoms with van der Waals surface area (Å²) in [6, 6.07) is 11.2. The fourth-order valence-corrected chi connectivity index (χ4v) is 2.98. The van der Waals surface area contributed by atoms with E-state index in [0.29, 0.717) is 6.04 Å². The molecule has 1 fully saturated rings. The van der Waals surface area contributed by atoms with Crippen LogP contribution in [0.4, 0.5) is 0 Å². The predicted octanol–water partition coefficient (Wildman–Crippen LogP) is 3.29. The minimum atomic E-state index is 0.446. The highest BCUT2D eigenvalue weighted by molar-refractivity contribution is 5.78. The number of aromatic nitrogens is 1. The first-order valence-corrected chi connectivity index (χ1v) is 6.90. The maximum atomic E-state index is 5.96. The smallest absolute Gasteiger partial charge is 0.0702 e. The van der Waals surface area contributed by atoms with Crippen molar-refractivity contribution in [1.29, 1.82) is 0 Å². The minimum absolute atomic E-state index is 0.446. The van der Waals surface area contributed by atoms with Crippen molar-refractivity contribution in [1.82, 2.24) is 4.98 Å². The molecule has 0 amide bonds. The molecule has 1 saturated carbocycles. The number of hydrogen-bond donors (Lipinski definition) is 1. The summed E-state index contributed by atoms with van der Waals surface area (Å²) in [5.41, 5.74) is 8.49. The van der Waals surface area contributed by atoms with Crippen molar-refractivity contribution in [3.63, 3.8) is 0 Å². The van der Waals surface area contributed by atoms with Gasteiger partial charge >= 0.3 is 0 Å². The van der Waals surface area contributed by atoms with Gasteiger partial charge in [0, 0.05) is 17.6 Å². The van der Waals surface area contributed by atoms with Gasteiger partial charge in [-0.1, -0.05) is 12.1 Å². The van der Waals surface area contributed by atoms with Gasteiger partial charge in [0.15, 0.2) is 0 Å². The summed E-state index contributed by atoms with van der Waals surface area (Å²) < 4.78 is 0. The van der Waals surface area contributed by atoms with Gasteiger partial charge in [-0.15, -0.1) is 0 Å². The van der Waals surface area contributed by atoms with Crippen molar-refractivity contribution in [2.75, 3.05) is 0 Å². The van der Waals surface area contributed by atoms with E-state index in [1.54, 1.807) is 0 Å². The highest BCUT2D eigenvalue weighted by atomic mass is 14.6. The van der Waals surface area contributed by atoms with E-state index in [9.17, 15) is 0 Å². The Bertz CT molecular complexity index is 527. The SMILES string of the molecule is NC1CCC(Cc2ccc3ncccc3c2)CC1. The molecule has 1 aliphatic rings. The zero-order valence-corrected chi connectivity index (χ0v) is 10.7. The third kappa shape index (κ3) is 2.54. The van der Waals surface area contributed by atoms with Crippen LogP contribution in [0.5, 0.6) is 0 Å². The summed E-state index contributed by atoms with van der Waals surface area (Å²) in [6.45, 7) is 0. The third-order valence-electron chi connectivity index (χ3n) is 4.08. The van der Waals surface area contributed by atoms with Crippen LogP contribution in [0, 0.1) is 5.92 Å². The zero-order chi connectivity index (χ0) is 12.4. The maximum Gasteiger partial charge on any atom is 0.0702 e. The molecule has 0 bridgehead atoms. The lowest BCUT2D eigenvalue weighted by Gasteiger charge is -2.26. The molecule has 1 aromatic heterocycles. The molecule has 3 rings (SSSR count). The Kier molecular flexibility index (Phi) is 3.28. The van der Waals surface area contributed by atoms with Crippen molar-refractivity contribution in [2.24, 2.45) is 11.7 Å². The second-order valence-electron chi connectivity index (χ2n) is 5.52. The number of nitrogens with two attached hydrogens (primary N) is 1. The normalized spacial score (nSPS) is 24.3. The molecule has 1 heterocycles. The fraction of sp³-hybridized carbons (Fsp3) is 0.438. The Labute approximate surface area is 108 Å². The van der Waals surface area contributed by atoms with E-state index in [1.807, 2.05) is 12.3 Å². The van der Waals surface area contributed by atoms with E-state index >= 15 is 0 Å². The Morgan fingerprint density at radius 2 is 1.94 bits per heavy atom. The van der Waals surface area contributed by atoms with Crippen LogP contribution >= 0.6 is 0 Å². The number of fused-ring (bicyclic) bond motifs is 1. The van der Waals surface area contributed by atoms with Crippen LogP contribution in [-0.2, 0) is 6.42 Å². The van der Waals surface area contributed by atoms with Gasteiger partial charge in [0.2, 0.25) is 0 Å². The largest absolute Gasteiger partial charge is 0.328 e. The van der Waals surface area contributed by atoms with E-state index in [4.69, 9.17) is 5.73 Å². The predicted molar refractivity (Wildman–Crippen MR) is 75.4 cm³/mol. The van der Waals surface area contributed by atoms with Crippen LogP contribution in [0.1, 0.15) is 31.2 Å². The summed E-state index contributed by atoms with van der Waals surface area (Å²) in [5, 5.41) is 1.25. The van der Waals surface area contributed by atoms with Crippen LogP contribution < -0.4 is 5.73 Å². The first-order valence-electron chi connectivity index (χ1n) is 6.90. The van der Waals surface area contributed by atoms with Crippen molar-refractivity contribution in [3.8, 4) is 0 Å². The Morgan fingerprint density at radius 3 is 2.78 bits per heavy atom. The topological polar surface area (TPSA) is 38.9 Å². The average Bonchev–Trinajstić information content (AvgIpc) is 2.41. The number of rotatable bonds is 2. The Morgan fingerprint density at radius 1 is 1.11 bits per heavy atom. The quantitative estimate of drug-likeness (QED) is 0.874. The van der Waals surface area contributed by atoms with Crippen molar-refractivity contribution < 1.29 is 0 Å². The second kappa shape index (κ2) is 5.07. The van der Waals surface area contributed by atoms with Crippen LogP contribution in [-0.4, -0.2) is 11.0 Å². The molecule has 2 heteroatoms. The highest BCUT2D eigenvalue weighted by Crippen LogP contribution is 2.27. The fourth-order valence-electron chi connectivity index (χ4n) is 2.98. The van der Waals surface area contributed by atoms with Gasteiger partial charge in [0.05, 0.1) is 5.52 Å². The van der Waals surface area contributed by atoms with Crippen LogP contribution in [0.25, 0.3) is 10.9 Å². The highest BCUT2D eigenvalue weighted by Gasteiger charge is 2.18. The molecule has 18 heavy (non-hydrogen) atoms. The Hall–Kier alpha value is -1.41. The molecule has 0 aliphatic heterocycles. The van der Waals surface area contributed by atoms with Gasteiger partial charge in [-0.25, -0.2) is 0 Å². The van der Waals surface area contributed by atoms with Crippen LogP contribution in [0.3, 0.4) is 0 Å². The molecule has 0 unspecified atom stereocenters. The van der Waals surface area contributed by atoms with E-state index in [1.165, 1.54) is 43.1 Å². The Balaban J connectivity index is 1.74. The maximum absolute atomic E-state index is 5.96. The van der Waals surface area contributed by atoms with E-state index in [2.05, 4.69) is 29.2 Å². The van der Waals surface area contributed by atoms with Gasteiger partial charge in [0.1, 0.15) is 0 Å². The molecule has 2 aromatic rings. The van der Waals surface area contributed by atoms with E-state index in [-0.39, 0.29) is 0 Å². The zero-order valence-electron chi connectivity index (χ0n) is 10.7. The second-order valence-corrected chi connectivity index (χ2v) is 5.52. The molecule has 0 spiro atoms. The summed E-state index contributed by atoms with van der Waals surface area (Å²) in [5.74, 6) is 0.818. The molecular weight excluding hydrogens is 220 g/mol. The molecule has 2 N–H and O–H groups in total. The molecule has 0 radical (unpaired) electrons.